The van der Waals surface area contributed by atoms with E-state index in [1.807, 2.05) is 31.2 Å². The molecule has 0 spiro atoms. The van der Waals surface area contributed by atoms with Gasteiger partial charge in [0.25, 0.3) is 0 Å². The van der Waals surface area contributed by atoms with Gasteiger partial charge in [-0.3, -0.25) is 14.5 Å². The molecule has 0 N–H and O–H groups in total. The Labute approximate surface area is 149 Å². The molecule has 1 fully saturated rings. The molecule has 1 saturated heterocycles. The molecule has 1 aromatic carbocycles. The number of hydrogen-bond donors (Lipinski definition) is 0. The summed E-state index contributed by atoms with van der Waals surface area (Å²) in [6, 6.07) is 7.81. The minimum absolute atomic E-state index is 0.0553. The first kappa shape index (κ1) is 17.5. The van der Waals surface area contributed by atoms with Crippen molar-refractivity contribution in [3.8, 4) is 5.75 Å². The van der Waals surface area contributed by atoms with Crippen LogP contribution < -0.4 is 4.74 Å². The second kappa shape index (κ2) is 6.51. The molecule has 25 heavy (non-hydrogen) atoms. The maximum absolute atomic E-state index is 12.8. The average Bonchev–Trinajstić information content (AvgIpc) is 2.84. The Hall–Kier alpha value is -2.36. The van der Waals surface area contributed by atoms with E-state index in [4.69, 9.17) is 4.74 Å². The van der Waals surface area contributed by atoms with Gasteiger partial charge in [0, 0.05) is 13.0 Å². The summed E-state index contributed by atoms with van der Waals surface area (Å²) in [7, 11) is 3.23. The van der Waals surface area contributed by atoms with Crippen molar-refractivity contribution in [2.75, 3.05) is 14.2 Å². The quantitative estimate of drug-likeness (QED) is 0.786. The number of carbonyl (C=O) groups excluding carboxylic acids is 2. The first-order valence-electron chi connectivity index (χ1n) is 8.73. The fraction of sp³-hybridized carbons (Fsp3) is 0.429. The Morgan fingerprint density at radius 2 is 1.88 bits per heavy atom. The molecule has 2 amide bonds. The zero-order valence-corrected chi connectivity index (χ0v) is 15.3. The van der Waals surface area contributed by atoms with Crippen molar-refractivity contribution in [2.45, 2.75) is 32.6 Å². The smallest absolute Gasteiger partial charge is 0.233 e. The van der Waals surface area contributed by atoms with Crippen molar-refractivity contribution in [3.63, 3.8) is 0 Å². The van der Waals surface area contributed by atoms with Gasteiger partial charge in [-0.05, 0) is 43.0 Å². The van der Waals surface area contributed by atoms with Gasteiger partial charge in [-0.1, -0.05) is 36.8 Å². The van der Waals surface area contributed by atoms with Gasteiger partial charge in [-0.25, -0.2) is 0 Å². The van der Waals surface area contributed by atoms with Crippen molar-refractivity contribution in [3.05, 3.63) is 53.1 Å². The van der Waals surface area contributed by atoms with Gasteiger partial charge >= 0.3 is 0 Å². The van der Waals surface area contributed by atoms with E-state index in [0.29, 0.717) is 6.42 Å². The topological polar surface area (TPSA) is 46.6 Å². The number of ether oxygens (including phenoxy) is 1. The van der Waals surface area contributed by atoms with Crippen LogP contribution in [0.5, 0.6) is 5.75 Å². The van der Waals surface area contributed by atoms with Crippen LogP contribution >= 0.6 is 0 Å². The van der Waals surface area contributed by atoms with Crippen LogP contribution in [0.3, 0.4) is 0 Å². The number of amides is 2. The summed E-state index contributed by atoms with van der Waals surface area (Å²) in [4.78, 5) is 26.8. The minimum atomic E-state index is -0.340. The lowest BCUT2D eigenvalue weighted by Gasteiger charge is -2.36. The molecule has 3 atom stereocenters. The lowest BCUT2D eigenvalue weighted by molar-refractivity contribution is -0.138. The number of carbonyl (C=O) groups is 2. The van der Waals surface area contributed by atoms with Gasteiger partial charge < -0.3 is 4.74 Å². The average molecular weight is 339 g/mol. The summed E-state index contributed by atoms with van der Waals surface area (Å²) in [6.07, 6.45) is 1.52. The van der Waals surface area contributed by atoms with Crippen LogP contribution in [0.2, 0.25) is 0 Å². The Morgan fingerprint density at radius 1 is 1.24 bits per heavy atom. The van der Waals surface area contributed by atoms with Crippen LogP contribution in [0.4, 0.5) is 0 Å². The predicted molar refractivity (Wildman–Crippen MR) is 97.2 cm³/mol. The third-order valence-corrected chi connectivity index (χ3v) is 5.58. The normalized spacial score (nSPS) is 26.1. The highest BCUT2D eigenvalue weighted by molar-refractivity contribution is 6.06. The number of benzene rings is 1. The Bertz CT molecular complexity index is 760. The maximum atomic E-state index is 12.8. The summed E-state index contributed by atoms with van der Waals surface area (Å²) in [5.74, 6) is -0.0855. The summed E-state index contributed by atoms with van der Waals surface area (Å²) in [6.45, 7) is 8.27. The van der Waals surface area contributed by atoms with Crippen molar-refractivity contribution >= 4 is 11.8 Å². The van der Waals surface area contributed by atoms with E-state index in [1.165, 1.54) is 10.5 Å². The second-order valence-electron chi connectivity index (χ2n) is 6.97. The molecule has 0 aromatic heterocycles. The Balaban J connectivity index is 2.18. The third-order valence-electron chi connectivity index (χ3n) is 5.58. The van der Waals surface area contributed by atoms with Crippen molar-refractivity contribution < 1.29 is 14.3 Å². The van der Waals surface area contributed by atoms with Crippen LogP contribution in [0.1, 0.15) is 38.2 Å². The molecular weight excluding hydrogens is 314 g/mol. The highest BCUT2D eigenvalue weighted by Crippen LogP contribution is 2.51. The summed E-state index contributed by atoms with van der Waals surface area (Å²) < 4.78 is 5.26. The number of allylic oxidation sites excluding steroid dienone is 3. The summed E-state index contributed by atoms with van der Waals surface area (Å²) in [5.41, 5.74) is 4.40. The SMILES string of the molecule is C=C(C)C1=C(CC)CC2C(=O)N(C)C(=O)C2C1c1ccc(OC)cc1. The zero-order chi connectivity index (χ0) is 18.3. The van der Waals surface area contributed by atoms with Gasteiger partial charge in [0.15, 0.2) is 0 Å². The first-order chi connectivity index (χ1) is 11.9. The van der Waals surface area contributed by atoms with Crippen LogP contribution in [-0.4, -0.2) is 30.9 Å². The van der Waals surface area contributed by atoms with Crippen LogP contribution in [0.15, 0.2) is 47.6 Å². The zero-order valence-electron chi connectivity index (χ0n) is 15.3. The van der Waals surface area contributed by atoms with E-state index >= 15 is 0 Å². The van der Waals surface area contributed by atoms with E-state index in [2.05, 4.69) is 13.5 Å². The molecule has 0 radical (unpaired) electrons. The highest BCUT2D eigenvalue weighted by Gasteiger charge is 2.53. The standard InChI is InChI=1S/C21H25NO3/c1-6-13-11-16-19(21(24)22(4)20(16)23)18(17(13)12(2)3)14-7-9-15(25-5)10-8-14/h7-10,16,18-19H,2,6,11H2,1,3-5H3. The highest BCUT2D eigenvalue weighted by atomic mass is 16.5. The van der Waals surface area contributed by atoms with Crippen molar-refractivity contribution in [2.24, 2.45) is 11.8 Å². The van der Waals surface area contributed by atoms with Crippen LogP contribution in [0.25, 0.3) is 0 Å². The number of fused-ring (bicyclic) bond motifs is 1. The predicted octanol–water partition coefficient (Wildman–Crippen LogP) is 3.70. The minimum Gasteiger partial charge on any atom is -0.497 e. The van der Waals surface area contributed by atoms with Crippen LogP contribution in [-0.2, 0) is 9.59 Å². The van der Waals surface area contributed by atoms with E-state index < -0.39 is 0 Å². The monoisotopic (exact) mass is 339 g/mol. The van der Waals surface area contributed by atoms with E-state index in [-0.39, 0.29) is 29.6 Å². The van der Waals surface area contributed by atoms with Crippen molar-refractivity contribution in [1.29, 1.82) is 0 Å². The van der Waals surface area contributed by atoms with E-state index in [1.54, 1.807) is 14.2 Å². The molecule has 1 heterocycles. The number of likely N-dealkylation sites (tertiary alicyclic amines) is 1. The molecule has 4 heteroatoms. The molecule has 0 bridgehead atoms. The van der Waals surface area contributed by atoms with Gasteiger partial charge in [0.05, 0.1) is 18.9 Å². The van der Waals surface area contributed by atoms with Crippen LogP contribution in [0, 0.1) is 11.8 Å². The van der Waals surface area contributed by atoms with Gasteiger partial charge in [-0.15, -0.1) is 0 Å². The lowest BCUT2D eigenvalue weighted by atomic mass is 9.65. The van der Waals surface area contributed by atoms with Gasteiger partial charge in [-0.2, -0.15) is 0 Å². The largest absolute Gasteiger partial charge is 0.497 e. The van der Waals surface area contributed by atoms with E-state index in [9.17, 15) is 9.59 Å². The summed E-state index contributed by atoms with van der Waals surface area (Å²) >= 11 is 0. The fourth-order valence-corrected chi connectivity index (χ4v) is 4.36. The summed E-state index contributed by atoms with van der Waals surface area (Å²) in [5, 5.41) is 0. The number of imide groups is 1. The molecule has 132 valence electrons. The molecule has 2 aliphatic rings. The van der Waals surface area contributed by atoms with E-state index in [0.717, 1.165) is 28.9 Å². The van der Waals surface area contributed by atoms with Gasteiger partial charge in [0.1, 0.15) is 5.75 Å². The molecule has 4 nitrogen and oxygen atoms in total. The molecule has 1 aliphatic carbocycles. The Kier molecular flexibility index (Phi) is 4.55. The molecule has 3 rings (SSSR count). The van der Waals surface area contributed by atoms with Gasteiger partial charge in [0.2, 0.25) is 11.8 Å². The third kappa shape index (κ3) is 2.70. The first-order valence-corrected chi connectivity index (χ1v) is 8.73. The molecule has 1 aromatic rings. The second-order valence-corrected chi connectivity index (χ2v) is 6.97. The number of methoxy groups -OCH3 is 1. The fourth-order valence-electron chi connectivity index (χ4n) is 4.36. The molecule has 0 saturated carbocycles. The molecule has 1 aliphatic heterocycles. The maximum Gasteiger partial charge on any atom is 0.233 e. The van der Waals surface area contributed by atoms with Crippen molar-refractivity contribution in [1.82, 2.24) is 4.90 Å². The molecule has 3 unspecified atom stereocenters. The Morgan fingerprint density at radius 3 is 2.40 bits per heavy atom. The lowest BCUT2D eigenvalue weighted by Crippen LogP contribution is -2.32. The molecular formula is C21H25NO3. The number of nitrogens with zero attached hydrogens (tertiary/aromatic N) is 1. The number of rotatable bonds is 4. The number of hydrogen-bond acceptors (Lipinski definition) is 3.